The predicted molar refractivity (Wildman–Crippen MR) is 101 cm³/mol. The summed E-state index contributed by atoms with van der Waals surface area (Å²) in [6.45, 7) is 4.31. The van der Waals surface area contributed by atoms with Gasteiger partial charge in [0.05, 0.1) is 12.0 Å². The maximum absolute atomic E-state index is 12.9. The average Bonchev–Trinajstić information content (AvgIpc) is 2.59. The van der Waals surface area contributed by atoms with Crippen molar-refractivity contribution in [1.82, 2.24) is 0 Å². The van der Waals surface area contributed by atoms with Gasteiger partial charge in [-0.25, -0.2) is 0 Å². The number of benzene rings is 1. The third kappa shape index (κ3) is 3.39. The highest BCUT2D eigenvalue weighted by Gasteiger charge is 2.42. The molecule has 0 bridgehead atoms. The monoisotopic (exact) mass is 362 g/mol. The molecule has 0 amide bonds. The van der Waals surface area contributed by atoms with E-state index in [0.29, 0.717) is 24.2 Å². The molecule has 0 unspecified atom stereocenters. The number of nitrogens with two attached hydrogens (primary N) is 1. The molecule has 27 heavy (non-hydrogen) atoms. The summed E-state index contributed by atoms with van der Waals surface area (Å²) in [6, 6.07) is 11.7. The first-order valence-electron chi connectivity index (χ1n) is 8.79. The van der Waals surface area contributed by atoms with Crippen LogP contribution in [-0.2, 0) is 9.53 Å². The molecule has 1 heterocycles. The second-order valence-electron chi connectivity index (χ2n) is 7.81. The van der Waals surface area contributed by atoms with Crippen molar-refractivity contribution in [2.45, 2.75) is 32.6 Å². The summed E-state index contributed by atoms with van der Waals surface area (Å²) >= 11 is 0. The van der Waals surface area contributed by atoms with Crippen LogP contribution in [0.1, 0.15) is 38.2 Å². The molecule has 3 rings (SSSR count). The Morgan fingerprint density at radius 2 is 1.93 bits per heavy atom. The van der Waals surface area contributed by atoms with E-state index in [-0.39, 0.29) is 29.2 Å². The fourth-order valence-electron chi connectivity index (χ4n) is 3.74. The molecule has 0 saturated carbocycles. The van der Waals surface area contributed by atoms with Gasteiger partial charge in [0, 0.05) is 31.1 Å². The van der Waals surface area contributed by atoms with E-state index < -0.39 is 5.92 Å². The molecule has 6 nitrogen and oxygen atoms in total. The van der Waals surface area contributed by atoms with Crippen LogP contribution >= 0.6 is 0 Å². The average molecular weight is 362 g/mol. The number of nitriles is 2. The number of rotatable bonds is 3. The van der Waals surface area contributed by atoms with Crippen LogP contribution in [0.2, 0.25) is 0 Å². The minimum atomic E-state index is -0.516. The fraction of sp³-hybridized carbons (Fsp3) is 0.381. The standard InChI is InChI=1S/C21H22N4O2/c1-21(2)10-16(26)19-17(11-21)27-20(24)15(12-23)18(19)13-4-6-14(7-5-13)25(3)9-8-22/h4-7,18H,9-11,24H2,1-3H3/t18-/m1/s1. The van der Waals surface area contributed by atoms with Crippen molar-refractivity contribution in [2.75, 3.05) is 18.5 Å². The second kappa shape index (κ2) is 6.81. The molecule has 6 heteroatoms. The van der Waals surface area contributed by atoms with E-state index in [0.717, 1.165) is 11.3 Å². The summed E-state index contributed by atoms with van der Waals surface area (Å²) in [5.41, 5.74) is 8.32. The highest BCUT2D eigenvalue weighted by Crippen LogP contribution is 2.47. The van der Waals surface area contributed by atoms with Gasteiger partial charge in [0.1, 0.15) is 23.9 Å². The highest BCUT2D eigenvalue weighted by atomic mass is 16.5. The topological polar surface area (TPSA) is 103 Å². The van der Waals surface area contributed by atoms with Crippen molar-refractivity contribution in [2.24, 2.45) is 11.1 Å². The zero-order valence-corrected chi connectivity index (χ0v) is 15.7. The number of carbonyl (C=O) groups excluding carboxylic acids is 1. The van der Waals surface area contributed by atoms with E-state index in [1.54, 1.807) is 0 Å². The lowest BCUT2D eigenvalue weighted by atomic mass is 9.70. The van der Waals surface area contributed by atoms with E-state index >= 15 is 0 Å². The first kappa shape index (κ1) is 18.5. The van der Waals surface area contributed by atoms with Crippen molar-refractivity contribution >= 4 is 11.5 Å². The summed E-state index contributed by atoms with van der Waals surface area (Å²) in [5.74, 6) is 0.121. The van der Waals surface area contributed by atoms with Gasteiger partial charge in [0.2, 0.25) is 5.88 Å². The molecule has 0 fully saturated rings. The number of anilines is 1. The molecular weight excluding hydrogens is 340 g/mol. The van der Waals surface area contributed by atoms with E-state index in [2.05, 4.69) is 12.1 Å². The van der Waals surface area contributed by atoms with Gasteiger partial charge in [-0.15, -0.1) is 0 Å². The molecule has 0 aromatic heterocycles. The van der Waals surface area contributed by atoms with E-state index in [9.17, 15) is 10.1 Å². The smallest absolute Gasteiger partial charge is 0.205 e. The van der Waals surface area contributed by atoms with Gasteiger partial charge in [0.15, 0.2) is 5.78 Å². The first-order valence-corrected chi connectivity index (χ1v) is 8.79. The SMILES string of the molecule is CN(CC#N)c1ccc([C@@H]2C(C#N)=C(N)OC3=C2C(=O)CC(C)(C)C3)cc1. The summed E-state index contributed by atoms with van der Waals surface area (Å²) in [6.07, 6.45) is 1.01. The normalized spacial score (nSPS) is 21.1. The minimum absolute atomic E-state index is 0.00262. The van der Waals surface area contributed by atoms with E-state index in [1.165, 1.54) is 0 Å². The molecule has 1 aliphatic heterocycles. The lowest BCUT2D eigenvalue weighted by Gasteiger charge is -2.37. The number of nitrogens with zero attached hydrogens (tertiary/aromatic N) is 3. The maximum atomic E-state index is 12.9. The molecule has 1 aromatic rings. The third-order valence-electron chi connectivity index (χ3n) is 5.05. The Balaban J connectivity index is 2.06. The van der Waals surface area contributed by atoms with Crippen LogP contribution in [0.3, 0.4) is 0 Å². The van der Waals surface area contributed by atoms with Crippen LogP contribution in [0.5, 0.6) is 0 Å². The van der Waals surface area contributed by atoms with Crippen LogP contribution < -0.4 is 10.6 Å². The molecule has 0 spiro atoms. The van der Waals surface area contributed by atoms with Crippen LogP contribution in [0, 0.1) is 28.1 Å². The number of hydrogen-bond acceptors (Lipinski definition) is 6. The molecule has 138 valence electrons. The summed E-state index contributed by atoms with van der Waals surface area (Å²) < 4.78 is 5.69. The van der Waals surface area contributed by atoms with Crippen molar-refractivity contribution in [3.05, 3.63) is 52.6 Å². The Hall–Kier alpha value is -3.25. The molecule has 1 aromatic carbocycles. The number of Topliss-reactive ketones (excluding diaryl/α,β-unsaturated/α-hetero) is 1. The van der Waals surface area contributed by atoms with Gasteiger partial charge < -0.3 is 15.4 Å². The summed E-state index contributed by atoms with van der Waals surface area (Å²) in [4.78, 5) is 14.7. The fourth-order valence-corrected chi connectivity index (χ4v) is 3.74. The Kier molecular flexibility index (Phi) is 4.68. The molecule has 0 saturated heterocycles. The first-order chi connectivity index (χ1) is 12.8. The lowest BCUT2D eigenvalue weighted by Crippen LogP contribution is -2.33. The number of allylic oxidation sites excluding steroid dienone is 3. The largest absolute Gasteiger partial charge is 0.444 e. The Bertz CT molecular complexity index is 926. The number of ketones is 1. The molecule has 1 atom stereocenters. The van der Waals surface area contributed by atoms with Crippen LogP contribution in [-0.4, -0.2) is 19.4 Å². The molecule has 0 radical (unpaired) electrons. The molecule has 2 aliphatic rings. The zero-order chi connectivity index (χ0) is 19.8. The Morgan fingerprint density at radius 1 is 1.26 bits per heavy atom. The minimum Gasteiger partial charge on any atom is -0.444 e. The van der Waals surface area contributed by atoms with Crippen LogP contribution in [0.15, 0.2) is 47.1 Å². The van der Waals surface area contributed by atoms with Gasteiger partial charge in [0.25, 0.3) is 0 Å². The molecular formula is C21H22N4O2. The predicted octanol–water partition coefficient (Wildman–Crippen LogP) is 3.10. The van der Waals surface area contributed by atoms with E-state index in [1.807, 2.05) is 50.1 Å². The van der Waals surface area contributed by atoms with Crippen molar-refractivity contribution in [3.63, 3.8) is 0 Å². The summed E-state index contributed by atoms with van der Waals surface area (Å²) in [5, 5.41) is 18.5. The highest BCUT2D eigenvalue weighted by molar-refractivity contribution is 6.00. The van der Waals surface area contributed by atoms with Crippen LogP contribution in [0.4, 0.5) is 5.69 Å². The van der Waals surface area contributed by atoms with Crippen LogP contribution in [0.25, 0.3) is 0 Å². The Morgan fingerprint density at radius 3 is 2.52 bits per heavy atom. The quantitative estimate of drug-likeness (QED) is 0.829. The molecule has 2 N–H and O–H groups in total. The van der Waals surface area contributed by atoms with Gasteiger partial charge in [-0.1, -0.05) is 26.0 Å². The van der Waals surface area contributed by atoms with Crippen molar-refractivity contribution in [3.8, 4) is 12.1 Å². The van der Waals surface area contributed by atoms with E-state index in [4.69, 9.17) is 15.7 Å². The van der Waals surface area contributed by atoms with Gasteiger partial charge in [-0.3, -0.25) is 4.79 Å². The number of hydrogen-bond donors (Lipinski definition) is 1. The molecule has 1 aliphatic carbocycles. The number of carbonyl (C=O) groups is 1. The Labute approximate surface area is 159 Å². The second-order valence-corrected chi connectivity index (χ2v) is 7.81. The summed E-state index contributed by atoms with van der Waals surface area (Å²) in [7, 11) is 1.83. The lowest BCUT2D eigenvalue weighted by molar-refractivity contribution is -0.119. The van der Waals surface area contributed by atoms with Crippen molar-refractivity contribution < 1.29 is 9.53 Å². The maximum Gasteiger partial charge on any atom is 0.205 e. The number of ether oxygens (including phenoxy) is 1. The zero-order valence-electron chi connectivity index (χ0n) is 15.7. The van der Waals surface area contributed by atoms with Gasteiger partial charge >= 0.3 is 0 Å². The van der Waals surface area contributed by atoms with Gasteiger partial charge in [-0.05, 0) is 23.1 Å². The van der Waals surface area contributed by atoms with Crippen molar-refractivity contribution in [1.29, 1.82) is 10.5 Å². The third-order valence-corrected chi connectivity index (χ3v) is 5.05. The van der Waals surface area contributed by atoms with Gasteiger partial charge in [-0.2, -0.15) is 10.5 Å².